The average molecular weight is 302 g/mol. The van der Waals surface area contributed by atoms with Crippen molar-refractivity contribution >= 4 is 22.9 Å². The minimum absolute atomic E-state index is 0.305. The van der Waals surface area contributed by atoms with Gasteiger partial charge in [0.15, 0.2) is 5.92 Å². The summed E-state index contributed by atoms with van der Waals surface area (Å²) in [6.45, 7) is 2.01. The molecule has 2 atom stereocenters. The first-order chi connectivity index (χ1) is 11.2. The lowest BCUT2D eigenvalue weighted by Crippen LogP contribution is -2.37. The third-order valence-electron chi connectivity index (χ3n) is 4.27. The second-order valence-corrected chi connectivity index (χ2v) is 5.75. The Bertz CT molecular complexity index is 949. The molecular weight excluding hydrogens is 288 g/mol. The van der Waals surface area contributed by atoms with Crippen LogP contribution in [0, 0.1) is 24.2 Å². The highest BCUT2D eigenvalue weighted by Crippen LogP contribution is 2.37. The summed E-state index contributed by atoms with van der Waals surface area (Å²) in [6, 6.07) is 17.4. The van der Waals surface area contributed by atoms with Gasteiger partial charge in [0.05, 0.1) is 23.1 Å². The van der Waals surface area contributed by atoms with E-state index in [1.807, 2.05) is 60.0 Å². The van der Waals surface area contributed by atoms with Gasteiger partial charge in [-0.15, -0.1) is 0 Å². The second kappa shape index (κ2) is 4.96. The zero-order valence-electron chi connectivity index (χ0n) is 12.5. The molecule has 1 amide bonds. The van der Waals surface area contributed by atoms with Gasteiger partial charge in [-0.3, -0.25) is 10.1 Å². The van der Waals surface area contributed by atoms with Crippen molar-refractivity contribution < 1.29 is 4.79 Å². The number of rotatable bonds is 1. The van der Waals surface area contributed by atoms with Gasteiger partial charge in [-0.1, -0.05) is 42.0 Å². The van der Waals surface area contributed by atoms with Crippen LogP contribution in [0.5, 0.6) is 0 Å². The molecular formula is C18H14N4O. The Morgan fingerprint density at radius 1 is 1.17 bits per heavy atom. The fourth-order valence-corrected chi connectivity index (χ4v) is 3.13. The molecule has 0 saturated carbocycles. The van der Waals surface area contributed by atoms with Gasteiger partial charge in [0, 0.05) is 0 Å². The third kappa shape index (κ3) is 2.00. The Labute approximate surface area is 133 Å². The summed E-state index contributed by atoms with van der Waals surface area (Å²) < 4.78 is 1.95. The fourth-order valence-electron chi connectivity index (χ4n) is 3.13. The normalized spacial score (nSPS) is 19.9. The van der Waals surface area contributed by atoms with Crippen LogP contribution in [0.25, 0.3) is 11.0 Å². The summed E-state index contributed by atoms with van der Waals surface area (Å²) in [7, 11) is 0. The van der Waals surface area contributed by atoms with E-state index in [0.717, 1.165) is 22.2 Å². The Balaban J connectivity index is 2.00. The van der Waals surface area contributed by atoms with Crippen LogP contribution in [0.1, 0.15) is 17.2 Å². The highest BCUT2D eigenvalue weighted by molar-refractivity contribution is 5.97. The summed E-state index contributed by atoms with van der Waals surface area (Å²) in [5.41, 5.74) is 3.78. The van der Waals surface area contributed by atoms with Crippen LogP contribution in [-0.2, 0) is 4.79 Å². The lowest BCUT2D eigenvalue weighted by molar-refractivity contribution is -0.119. The van der Waals surface area contributed by atoms with Crippen LogP contribution in [0.2, 0.25) is 0 Å². The number of fused-ring (bicyclic) bond motifs is 3. The molecule has 0 spiro atoms. The number of hydrogen-bond donors (Lipinski definition) is 1. The second-order valence-electron chi connectivity index (χ2n) is 5.75. The Kier molecular flexibility index (Phi) is 2.91. The van der Waals surface area contributed by atoms with Crippen molar-refractivity contribution in [3.05, 3.63) is 59.7 Å². The zero-order chi connectivity index (χ0) is 16.0. The van der Waals surface area contributed by atoms with Crippen molar-refractivity contribution in [3.8, 4) is 6.07 Å². The number of hydrogen-bond acceptors (Lipinski definition) is 3. The topological polar surface area (TPSA) is 70.7 Å². The smallest absolute Gasteiger partial charge is 0.246 e. The van der Waals surface area contributed by atoms with Gasteiger partial charge in [0.1, 0.15) is 0 Å². The number of amides is 1. The van der Waals surface area contributed by atoms with Crippen LogP contribution in [-0.4, -0.2) is 15.5 Å². The van der Waals surface area contributed by atoms with Crippen molar-refractivity contribution in [2.24, 2.45) is 5.92 Å². The Morgan fingerprint density at radius 2 is 1.91 bits per heavy atom. The molecule has 0 fully saturated rings. The molecule has 2 aromatic carbocycles. The maximum Gasteiger partial charge on any atom is 0.246 e. The molecule has 0 radical (unpaired) electrons. The predicted octanol–water partition coefficient (Wildman–Crippen LogP) is 3.03. The first-order valence-corrected chi connectivity index (χ1v) is 7.43. The van der Waals surface area contributed by atoms with Gasteiger partial charge < -0.3 is 4.57 Å². The molecule has 0 unspecified atom stereocenters. The Morgan fingerprint density at radius 3 is 2.65 bits per heavy atom. The molecule has 1 aromatic heterocycles. The van der Waals surface area contributed by atoms with Gasteiger partial charge in [-0.25, -0.2) is 4.98 Å². The number of nitrogens with one attached hydrogen (secondary N) is 1. The maximum absolute atomic E-state index is 12.3. The molecule has 1 N–H and O–H groups in total. The molecule has 23 heavy (non-hydrogen) atoms. The molecule has 1 aliphatic heterocycles. The molecule has 0 bridgehead atoms. The van der Waals surface area contributed by atoms with Crippen molar-refractivity contribution in [2.45, 2.75) is 13.0 Å². The lowest BCUT2D eigenvalue weighted by atomic mass is 9.91. The lowest BCUT2D eigenvalue weighted by Gasteiger charge is -2.30. The number of carbonyl (C=O) groups is 1. The van der Waals surface area contributed by atoms with Crippen molar-refractivity contribution in [3.63, 3.8) is 0 Å². The number of imidazole rings is 1. The van der Waals surface area contributed by atoms with Gasteiger partial charge >= 0.3 is 0 Å². The average Bonchev–Trinajstić information content (AvgIpc) is 2.92. The fraction of sp³-hybridized carbons (Fsp3) is 0.167. The number of para-hydroxylation sites is 2. The number of aryl methyl sites for hydroxylation is 1. The summed E-state index contributed by atoms with van der Waals surface area (Å²) >= 11 is 0. The van der Waals surface area contributed by atoms with E-state index in [-0.39, 0.29) is 11.9 Å². The van der Waals surface area contributed by atoms with Gasteiger partial charge in [0.2, 0.25) is 11.9 Å². The quantitative estimate of drug-likeness (QED) is 0.751. The first kappa shape index (κ1) is 13.5. The maximum atomic E-state index is 12.3. The molecule has 2 heterocycles. The summed E-state index contributed by atoms with van der Waals surface area (Å²) in [5, 5.41) is 12.3. The standard InChI is InChI=1S/C18H14N4O/c1-11-6-8-12(9-7-11)16-13(10-19)17(23)21-18-20-14-4-2-3-5-15(14)22(16)18/h2-9,13,16H,1H3,(H,20,21,23)/t13-,16+/m0/s1. The molecule has 5 nitrogen and oxygen atoms in total. The van der Waals surface area contributed by atoms with Gasteiger partial charge in [0.25, 0.3) is 0 Å². The zero-order valence-corrected chi connectivity index (χ0v) is 12.5. The van der Waals surface area contributed by atoms with Crippen LogP contribution < -0.4 is 5.32 Å². The SMILES string of the molecule is Cc1ccc([C@@H]2[C@H](C#N)C(=O)Nc3nc4ccccc4n32)cc1. The molecule has 112 valence electrons. The van der Waals surface area contributed by atoms with Gasteiger partial charge in [-0.2, -0.15) is 5.26 Å². The number of benzene rings is 2. The molecule has 5 heteroatoms. The number of nitrogens with zero attached hydrogens (tertiary/aromatic N) is 3. The van der Waals surface area contributed by atoms with Crippen molar-refractivity contribution in [1.82, 2.24) is 9.55 Å². The van der Waals surface area contributed by atoms with E-state index >= 15 is 0 Å². The molecule has 3 aromatic rings. The molecule has 0 aliphatic carbocycles. The highest BCUT2D eigenvalue weighted by Gasteiger charge is 2.38. The van der Waals surface area contributed by atoms with Crippen molar-refractivity contribution in [2.75, 3.05) is 5.32 Å². The van der Waals surface area contributed by atoms with Gasteiger partial charge in [-0.05, 0) is 24.6 Å². The molecule has 1 aliphatic rings. The number of aromatic nitrogens is 2. The van der Waals surface area contributed by atoms with E-state index in [0.29, 0.717) is 5.95 Å². The summed E-state index contributed by atoms with van der Waals surface area (Å²) in [6.07, 6.45) is 0. The Hall–Kier alpha value is -3.13. The number of carbonyl (C=O) groups excluding carboxylic acids is 1. The minimum atomic E-state index is -0.789. The van der Waals surface area contributed by atoms with Crippen LogP contribution in [0.4, 0.5) is 5.95 Å². The third-order valence-corrected chi connectivity index (χ3v) is 4.27. The van der Waals surface area contributed by atoms with E-state index in [9.17, 15) is 10.1 Å². The summed E-state index contributed by atoms with van der Waals surface area (Å²) in [5.74, 6) is -0.600. The largest absolute Gasteiger partial charge is 0.300 e. The molecule has 4 rings (SSSR count). The minimum Gasteiger partial charge on any atom is -0.300 e. The van der Waals surface area contributed by atoms with E-state index in [1.165, 1.54) is 0 Å². The van der Waals surface area contributed by atoms with Crippen LogP contribution >= 0.6 is 0 Å². The number of anilines is 1. The first-order valence-electron chi connectivity index (χ1n) is 7.43. The van der Waals surface area contributed by atoms with E-state index < -0.39 is 5.92 Å². The van der Waals surface area contributed by atoms with E-state index in [4.69, 9.17) is 0 Å². The van der Waals surface area contributed by atoms with E-state index in [2.05, 4.69) is 16.4 Å². The highest BCUT2D eigenvalue weighted by atomic mass is 16.2. The van der Waals surface area contributed by atoms with Crippen molar-refractivity contribution in [1.29, 1.82) is 5.26 Å². The van der Waals surface area contributed by atoms with Crippen LogP contribution in [0.15, 0.2) is 48.5 Å². The van der Waals surface area contributed by atoms with Crippen LogP contribution in [0.3, 0.4) is 0 Å². The summed E-state index contributed by atoms with van der Waals surface area (Å²) in [4.78, 5) is 16.8. The number of nitriles is 1. The van der Waals surface area contributed by atoms with E-state index in [1.54, 1.807) is 0 Å². The molecule has 0 saturated heterocycles. The predicted molar refractivity (Wildman–Crippen MR) is 86.8 cm³/mol. The monoisotopic (exact) mass is 302 g/mol.